The molecule has 4 aromatic rings. The summed E-state index contributed by atoms with van der Waals surface area (Å²) in [4.78, 5) is 25.4. The van der Waals surface area contributed by atoms with Crippen LogP contribution >= 0.6 is 11.6 Å². The molecule has 9 heteroatoms. The Bertz CT molecular complexity index is 1390. The Balaban J connectivity index is 1.45. The summed E-state index contributed by atoms with van der Waals surface area (Å²) in [7, 11) is 0. The highest BCUT2D eigenvalue weighted by Crippen LogP contribution is 2.34. The second-order valence-electron chi connectivity index (χ2n) is 7.99. The maximum absolute atomic E-state index is 11.7. The van der Waals surface area contributed by atoms with Gasteiger partial charge < -0.3 is 20.7 Å². The van der Waals surface area contributed by atoms with Crippen molar-refractivity contribution in [1.29, 1.82) is 0 Å². The SMILES string of the molecule is C=CC(=O)Nc1ccnc(-c2c(Cl)ccc3cnc(Nc4ccc(C5CNCCO5)cc4)nc23)c1. The van der Waals surface area contributed by atoms with E-state index in [4.69, 9.17) is 21.3 Å². The van der Waals surface area contributed by atoms with Gasteiger partial charge in [-0.3, -0.25) is 9.78 Å². The Morgan fingerprint density at radius 3 is 2.77 bits per heavy atom. The molecule has 0 spiro atoms. The number of benzene rings is 2. The lowest BCUT2D eigenvalue weighted by Gasteiger charge is -2.24. The summed E-state index contributed by atoms with van der Waals surface area (Å²) in [5, 5.41) is 10.7. The number of ether oxygens (including phenoxy) is 1. The molecule has 5 rings (SSSR count). The lowest BCUT2D eigenvalue weighted by molar-refractivity contribution is -0.111. The van der Waals surface area contributed by atoms with Crippen molar-refractivity contribution in [3.8, 4) is 11.3 Å². The number of pyridine rings is 1. The minimum atomic E-state index is -0.308. The molecule has 0 saturated carbocycles. The number of rotatable bonds is 6. The van der Waals surface area contributed by atoms with E-state index in [0.29, 0.717) is 40.0 Å². The van der Waals surface area contributed by atoms with Gasteiger partial charge in [0.15, 0.2) is 0 Å². The highest BCUT2D eigenvalue weighted by molar-refractivity contribution is 6.34. The Labute approximate surface area is 207 Å². The van der Waals surface area contributed by atoms with Crippen LogP contribution in [0.15, 0.2) is 73.6 Å². The van der Waals surface area contributed by atoms with Crippen LogP contribution in [0.5, 0.6) is 0 Å². The van der Waals surface area contributed by atoms with E-state index >= 15 is 0 Å². The summed E-state index contributed by atoms with van der Waals surface area (Å²) in [5.74, 6) is 0.123. The molecular formula is C26H23ClN6O2. The van der Waals surface area contributed by atoms with Crippen molar-refractivity contribution in [3.05, 3.63) is 84.2 Å². The molecular weight excluding hydrogens is 464 g/mol. The van der Waals surface area contributed by atoms with Gasteiger partial charge in [0.2, 0.25) is 11.9 Å². The molecule has 1 unspecified atom stereocenters. The lowest BCUT2D eigenvalue weighted by atomic mass is 10.1. The monoisotopic (exact) mass is 486 g/mol. The van der Waals surface area contributed by atoms with Crippen molar-refractivity contribution in [2.45, 2.75) is 6.10 Å². The summed E-state index contributed by atoms with van der Waals surface area (Å²) < 4.78 is 5.82. The van der Waals surface area contributed by atoms with Crippen LogP contribution in [-0.4, -0.2) is 40.6 Å². The highest BCUT2D eigenvalue weighted by atomic mass is 35.5. The van der Waals surface area contributed by atoms with E-state index in [0.717, 1.165) is 29.7 Å². The molecule has 1 aliphatic heterocycles. The van der Waals surface area contributed by atoms with Crippen molar-refractivity contribution >= 4 is 45.7 Å². The summed E-state index contributed by atoms with van der Waals surface area (Å²) in [6, 6.07) is 15.1. The molecule has 1 atom stereocenters. The smallest absolute Gasteiger partial charge is 0.247 e. The van der Waals surface area contributed by atoms with Crippen molar-refractivity contribution < 1.29 is 9.53 Å². The Morgan fingerprint density at radius 2 is 2.00 bits per heavy atom. The van der Waals surface area contributed by atoms with Gasteiger partial charge in [0, 0.05) is 47.8 Å². The molecule has 35 heavy (non-hydrogen) atoms. The molecule has 176 valence electrons. The lowest BCUT2D eigenvalue weighted by Crippen LogP contribution is -2.33. The number of hydrogen-bond donors (Lipinski definition) is 3. The van der Waals surface area contributed by atoms with Crippen LogP contribution in [0.3, 0.4) is 0 Å². The van der Waals surface area contributed by atoms with E-state index < -0.39 is 0 Å². The number of anilines is 3. The van der Waals surface area contributed by atoms with Crippen LogP contribution in [0.1, 0.15) is 11.7 Å². The largest absolute Gasteiger partial charge is 0.371 e. The van der Waals surface area contributed by atoms with Gasteiger partial charge in [-0.05, 0) is 48.0 Å². The number of halogens is 1. The first-order chi connectivity index (χ1) is 17.1. The average molecular weight is 487 g/mol. The molecule has 3 N–H and O–H groups in total. The quantitative estimate of drug-likeness (QED) is 0.334. The maximum Gasteiger partial charge on any atom is 0.247 e. The first kappa shape index (κ1) is 22.9. The van der Waals surface area contributed by atoms with Gasteiger partial charge in [-0.15, -0.1) is 0 Å². The van der Waals surface area contributed by atoms with Gasteiger partial charge >= 0.3 is 0 Å². The second-order valence-corrected chi connectivity index (χ2v) is 8.39. The molecule has 2 aromatic heterocycles. The van der Waals surface area contributed by atoms with Crippen molar-refractivity contribution in [2.75, 3.05) is 30.3 Å². The number of aromatic nitrogens is 3. The molecule has 2 aromatic carbocycles. The summed E-state index contributed by atoms with van der Waals surface area (Å²) in [6.45, 7) is 5.87. The number of hydrogen-bond acceptors (Lipinski definition) is 7. The van der Waals surface area contributed by atoms with Gasteiger partial charge in [0.1, 0.15) is 0 Å². The van der Waals surface area contributed by atoms with Crippen LogP contribution in [0.25, 0.3) is 22.2 Å². The Morgan fingerprint density at radius 1 is 1.14 bits per heavy atom. The van der Waals surface area contributed by atoms with E-state index in [1.54, 1.807) is 30.6 Å². The van der Waals surface area contributed by atoms with E-state index in [9.17, 15) is 4.79 Å². The number of amides is 1. The fraction of sp³-hybridized carbons (Fsp3) is 0.154. The molecule has 1 saturated heterocycles. The zero-order valence-corrected chi connectivity index (χ0v) is 19.5. The van der Waals surface area contributed by atoms with Gasteiger partial charge in [0.25, 0.3) is 0 Å². The Kier molecular flexibility index (Phi) is 6.67. The first-order valence-electron chi connectivity index (χ1n) is 11.1. The molecule has 0 radical (unpaired) electrons. The molecule has 3 heterocycles. The fourth-order valence-corrected chi connectivity index (χ4v) is 4.15. The molecule has 8 nitrogen and oxygen atoms in total. The van der Waals surface area contributed by atoms with Crippen LogP contribution in [0.2, 0.25) is 5.02 Å². The summed E-state index contributed by atoms with van der Waals surface area (Å²) in [6.07, 6.45) is 4.61. The number of carbonyl (C=O) groups is 1. The topological polar surface area (TPSA) is 101 Å². The van der Waals surface area contributed by atoms with E-state index in [1.807, 2.05) is 30.3 Å². The van der Waals surface area contributed by atoms with E-state index in [-0.39, 0.29) is 12.0 Å². The summed E-state index contributed by atoms with van der Waals surface area (Å²) >= 11 is 6.59. The minimum Gasteiger partial charge on any atom is -0.371 e. The van der Waals surface area contributed by atoms with Crippen molar-refractivity contribution in [2.24, 2.45) is 0 Å². The third-order valence-corrected chi connectivity index (χ3v) is 5.95. The predicted molar refractivity (Wildman–Crippen MR) is 138 cm³/mol. The fourth-order valence-electron chi connectivity index (χ4n) is 3.90. The van der Waals surface area contributed by atoms with Gasteiger partial charge in [0.05, 0.1) is 28.9 Å². The standard InChI is InChI=1S/C26H23ClN6O2/c1-2-23(34)31-19-9-10-29-21(13-19)24-20(27)8-5-17-14-30-26(33-25(17)24)32-18-6-3-16(4-7-18)22-15-28-11-12-35-22/h2-10,13-14,22,28H,1,11-12,15H2,(H,29,31,34)(H,30,32,33). The van der Waals surface area contributed by atoms with E-state index in [2.05, 4.69) is 32.5 Å². The van der Waals surface area contributed by atoms with Gasteiger partial charge in [-0.1, -0.05) is 30.3 Å². The molecule has 1 aliphatic rings. The third-order valence-electron chi connectivity index (χ3n) is 5.64. The van der Waals surface area contributed by atoms with Crippen LogP contribution in [0.4, 0.5) is 17.3 Å². The van der Waals surface area contributed by atoms with Crippen molar-refractivity contribution in [1.82, 2.24) is 20.3 Å². The number of nitrogens with zero attached hydrogens (tertiary/aromatic N) is 3. The number of nitrogens with one attached hydrogen (secondary N) is 3. The first-order valence-corrected chi connectivity index (χ1v) is 11.5. The average Bonchev–Trinajstić information content (AvgIpc) is 2.89. The second kappa shape index (κ2) is 10.2. The zero-order chi connectivity index (χ0) is 24.2. The van der Waals surface area contributed by atoms with Gasteiger partial charge in [-0.25, -0.2) is 9.97 Å². The Hall–Kier alpha value is -3.85. The highest BCUT2D eigenvalue weighted by Gasteiger charge is 2.16. The summed E-state index contributed by atoms with van der Waals surface area (Å²) in [5.41, 5.74) is 4.43. The van der Waals surface area contributed by atoms with Crippen LogP contribution < -0.4 is 16.0 Å². The normalized spacial score (nSPS) is 15.5. The molecule has 1 amide bonds. The molecule has 0 aliphatic carbocycles. The molecule has 1 fully saturated rings. The third kappa shape index (κ3) is 5.14. The number of fused-ring (bicyclic) bond motifs is 1. The zero-order valence-electron chi connectivity index (χ0n) is 18.8. The van der Waals surface area contributed by atoms with Crippen LogP contribution in [-0.2, 0) is 9.53 Å². The maximum atomic E-state index is 11.7. The predicted octanol–water partition coefficient (Wildman–Crippen LogP) is 4.87. The van der Waals surface area contributed by atoms with Crippen molar-refractivity contribution in [3.63, 3.8) is 0 Å². The van der Waals surface area contributed by atoms with Gasteiger partial charge in [-0.2, -0.15) is 0 Å². The number of carbonyl (C=O) groups excluding carboxylic acids is 1. The van der Waals surface area contributed by atoms with E-state index in [1.165, 1.54) is 6.08 Å². The number of morpholine rings is 1. The minimum absolute atomic E-state index is 0.0546. The molecule has 0 bridgehead atoms. The van der Waals surface area contributed by atoms with Crippen LogP contribution in [0, 0.1) is 0 Å².